The number of likely N-dealkylation sites (tertiary alicyclic amines) is 1. The standard InChI is InChI=1S/C35H39ClF2N4O6S2.C21H21ClF2N4O3S2/c1-23-18-27(46-5)11-6-24(23)21-42(32-39-22-40-49-32)50(44,45)31-20-28(37)30(19-29(31)38)47-17-14-35(25-7-9-26(36)10-8-25)12-15-41(16-13-35)33(43)48-34(2,3)4;22-15-3-1-14(2-4-15)21(5-8-25-9-6-21)7-10-31-18-11-17(24)19(12-16(18)23)33(29,30)28-20-26-13-27-32-20/h6-11,18-20,22H,12-17,21H2,1-5H3;1-4,11-13,25H,5-10H2,(H,26,27,28). The fraction of sp³-hybridized carbons (Fsp3) is 0.375. The number of rotatable bonds is 19. The quantitative estimate of drug-likeness (QED) is 0.0723. The molecule has 0 spiro atoms. The van der Waals surface area contributed by atoms with E-state index in [0.717, 1.165) is 88.5 Å². The summed E-state index contributed by atoms with van der Waals surface area (Å²) in [6.45, 7) is 9.66. The number of nitrogens with one attached hydrogen (secondary N) is 2. The van der Waals surface area contributed by atoms with Crippen LogP contribution in [0, 0.1) is 30.2 Å². The third-order valence-corrected chi connectivity index (χ3v) is 19.5. The Morgan fingerprint density at radius 1 is 0.723 bits per heavy atom. The van der Waals surface area contributed by atoms with Crippen molar-refractivity contribution in [2.45, 2.75) is 99.0 Å². The van der Waals surface area contributed by atoms with Crippen LogP contribution >= 0.6 is 46.3 Å². The highest BCUT2D eigenvalue weighted by atomic mass is 35.5. The van der Waals surface area contributed by atoms with E-state index in [1.165, 1.54) is 13.4 Å². The van der Waals surface area contributed by atoms with Crippen molar-refractivity contribution in [3.8, 4) is 17.2 Å². The third kappa shape index (κ3) is 15.5. The fourth-order valence-corrected chi connectivity index (χ4v) is 14.0. The smallest absolute Gasteiger partial charge is 0.410 e. The van der Waals surface area contributed by atoms with E-state index in [9.17, 15) is 30.4 Å². The van der Waals surface area contributed by atoms with Gasteiger partial charge in [0.05, 0.1) is 26.9 Å². The molecule has 2 aliphatic rings. The number of nitrogens with zero attached hydrogens (tertiary/aromatic N) is 6. The highest BCUT2D eigenvalue weighted by Gasteiger charge is 2.40. The Hall–Kier alpha value is -6.35. The summed E-state index contributed by atoms with van der Waals surface area (Å²) >= 11 is 13.8. The number of sulfonamides is 2. The first-order valence-corrected chi connectivity index (χ1v) is 31.3. The summed E-state index contributed by atoms with van der Waals surface area (Å²) in [5.41, 5.74) is 2.17. The van der Waals surface area contributed by atoms with Crippen molar-refractivity contribution in [2.75, 3.05) is 55.5 Å². The summed E-state index contributed by atoms with van der Waals surface area (Å²) in [6.07, 6.45) is 5.80. The van der Waals surface area contributed by atoms with Gasteiger partial charge in [0.2, 0.25) is 10.3 Å². The molecule has 2 aromatic heterocycles. The number of hydrogen-bond acceptors (Lipinski definition) is 16. The molecule has 0 bridgehead atoms. The fourth-order valence-electron chi connectivity index (χ4n) is 9.85. The van der Waals surface area contributed by atoms with Crippen molar-refractivity contribution in [1.82, 2.24) is 28.9 Å². The van der Waals surface area contributed by atoms with Crippen molar-refractivity contribution < 1.29 is 58.1 Å². The number of aryl methyl sites for hydroxylation is 1. The van der Waals surface area contributed by atoms with Crippen LogP contribution in [0.3, 0.4) is 0 Å². The summed E-state index contributed by atoms with van der Waals surface area (Å²) < 4.78 is 146. The monoisotopic (exact) mass is 1260 g/mol. The van der Waals surface area contributed by atoms with Crippen LogP contribution in [0.4, 0.5) is 32.6 Å². The lowest BCUT2D eigenvalue weighted by Gasteiger charge is -2.42. The number of amides is 1. The average molecular weight is 1260 g/mol. The van der Waals surface area contributed by atoms with Gasteiger partial charge >= 0.3 is 6.09 Å². The molecule has 2 saturated heterocycles. The molecule has 27 heteroatoms. The Kier molecular flexibility index (Phi) is 20.2. The van der Waals surface area contributed by atoms with E-state index in [0.29, 0.717) is 72.3 Å². The Balaban J connectivity index is 0.000000236. The van der Waals surface area contributed by atoms with E-state index in [1.54, 1.807) is 42.2 Å². The molecule has 2 fully saturated rings. The number of piperidine rings is 2. The topological polar surface area (TPSA) is 204 Å². The second-order valence-corrected chi connectivity index (χ2v) is 26.7. The van der Waals surface area contributed by atoms with Gasteiger partial charge in [0, 0.05) is 81.3 Å². The van der Waals surface area contributed by atoms with E-state index >= 15 is 8.78 Å². The Morgan fingerprint density at radius 3 is 1.76 bits per heavy atom. The van der Waals surface area contributed by atoms with Gasteiger partial charge in [0.25, 0.3) is 20.0 Å². The minimum atomic E-state index is -4.65. The van der Waals surface area contributed by atoms with E-state index in [2.05, 4.69) is 28.8 Å². The minimum Gasteiger partial charge on any atom is -0.497 e. The molecular formula is C56H60Cl2F4N8O9S4. The molecule has 17 nitrogen and oxygen atoms in total. The maximum atomic E-state index is 15.7. The van der Waals surface area contributed by atoms with Gasteiger partial charge in [-0.3, -0.25) is 4.72 Å². The number of aromatic nitrogens is 4. The van der Waals surface area contributed by atoms with E-state index in [-0.39, 0.29) is 41.2 Å². The molecule has 1 amide bonds. The number of carbonyl (C=O) groups is 1. The first kappa shape index (κ1) is 62.7. The maximum Gasteiger partial charge on any atom is 0.410 e. The van der Waals surface area contributed by atoms with Gasteiger partial charge in [0.15, 0.2) is 23.1 Å². The highest BCUT2D eigenvalue weighted by Crippen LogP contribution is 2.42. The first-order valence-electron chi connectivity index (χ1n) is 26.1. The molecule has 5 aromatic carbocycles. The molecule has 9 rings (SSSR count). The summed E-state index contributed by atoms with van der Waals surface area (Å²) in [6, 6.07) is 22.9. The molecule has 0 saturated carbocycles. The van der Waals surface area contributed by atoms with Gasteiger partial charge in [0.1, 0.15) is 45.4 Å². The normalized spacial score (nSPS) is 15.1. The Labute approximate surface area is 497 Å². The summed E-state index contributed by atoms with van der Waals surface area (Å²) in [7, 11) is -7.50. The number of halogens is 6. The summed E-state index contributed by atoms with van der Waals surface area (Å²) in [5, 5.41) is 4.49. The van der Waals surface area contributed by atoms with Crippen molar-refractivity contribution in [1.29, 1.82) is 0 Å². The largest absolute Gasteiger partial charge is 0.497 e. The lowest BCUT2D eigenvalue weighted by Crippen LogP contribution is -2.47. The van der Waals surface area contributed by atoms with Crippen molar-refractivity contribution in [3.05, 3.63) is 159 Å². The lowest BCUT2D eigenvalue weighted by atomic mass is 9.70. The molecule has 7 aromatic rings. The average Bonchev–Trinajstić information content (AvgIpc) is 4.35. The number of anilines is 2. The molecule has 0 atom stereocenters. The number of benzene rings is 5. The van der Waals surface area contributed by atoms with Gasteiger partial charge in [-0.1, -0.05) is 53.5 Å². The first-order chi connectivity index (χ1) is 39.4. The van der Waals surface area contributed by atoms with Crippen LogP contribution in [-0.2, 0) is 42.2 Å². The van der Waals surface area contributed by atoms with Crippen LogP contribution < -0.4 is 28.6 Å². The zero-order valence-electron chi connectivity index (χ0n) is 45.8. The van der Waals surface area contributed by atoms with Crippen molar-refractivity contribution in [3.63, 3.8) is 0 Å². The van der Waals surface area contributed by atoms with Crippen LogP contribution in [0.5, 0.6) is 17.2 Å². The third-order valence-electron chi connectivity index (χ3n) is 14.4. The number of ether oxygens (including phenoxy) is 4. The van der Waals surface area contributed by atoms with E-state index < -0.39 is 76.0 Å². The number of methoxy groups -OCH3 is 1. The molecule has 83 heavy (non-hydrogen) atoms. The number of hydrogen-bond donors (Lipinski definition) is 2. The molecule has 444 valence electrons. The van der Waals surface area contributed by atoms with Crippen molar-refractivity contribution in [2.24, 2.45) is 0 Å². The highest BCUT2D eigenvalue weighted by molar-refractivity contribution is 7.93. The van der Waals surface area contributed by atoms with Crippen LogP contribution in [0.25, 0.3) is 0 Å². The van der Waals surface area contributed by atoms with Crippen LogP contribution in [-0.4, -0.2) is 98.6 Å². The van der Waals surface area contributed by atoms with Crippen LogP contribution in [0.2, 0.25) is 10.0 Å². The molecule has 4 heterocycles. The predicted octanol–water partition coefficient (Wildman–Crippen LogP) is 12.3. The molecule has 0 aliphatic carbocycles. The molecule has 0 unspecified atom stereocenters. The van der Waals surface area contributed by atoms with Crippen LogP contribution in [0.15, 0.2) is 113 Å². The van der Waals surface area contributed by atoms with Crippen LogP contribution in [0.1, 0.15) is 81.5 Å². The van der Waals surface area contributed by atoms with E-state index in [4.69, 9.17) is 42.1 Å². The van der Waals surface area contributed by atoms with Gasteiger partial charge in [-0.15, -0.1) is 0 Å². The van der Waals surface area contributed by atoms with Gasteiger partial charge in [-0.05, 0) is 138 Å². The predicted molar refractivity (Wildman–Crippen MR) is 310 cm³/mol. The summed E-state index contributed by atoms with van der Waals surface area (Å²) in [4.78, 5) is 20.4. The second kappa shape index (κ2) is 26.7. The Morgan fingerprint density at radius 2 is 1.25 bits per heavy atom. The van der Waals surface area contributed by atoms with E-state index in [1.807, 2.05) is 57.2 Å². The minimum absolute atomic E-state index is 0.00873. The maximum absolute atomic E-state index is 15.7. The number of carbonyl (C=O) groups excluding carboxylic acids is 1. The zero-order valence-corrected chi connectivity index (χ0v) is 50.5. The molecule has 2 N–H and O–H groups in total. The molecule has 2 aliphatic heterocycles. The molecule has 0 radical (unpaired) electrons. The van der Waals surface area contributed by atoms with Gasteiger partial charge in [-0.2, -0.15) is 8.75 Å². The van der Waals surface area contributed by atoms with Gasteiger partial charge < -0.3 is 29.2 Å². The zero-order chi connectivity index (χ0) is 59.7. The molecular weight excluding hydrogens is 1200 g/mol. The second-order valence-electron chi connectivity index (χ2n) is 20.8. The Bertz CT molecular complexity index is 3580. The lowest BCUT2D eigenvalue weighted by molar-refractivity contribution is 0.0151. The summed E-state index contributed by atoms with van der Waals surface area (Å²) in [5.74, 6) is -4.50. The van der Waals surface area contributed by atoms with Crippen molar-refractivity contribution >= 4 is 82.7 Å². The SMILES string of the molecule is COc1ccc(CN(c2ncns2)S(=O)(=O)c2cc(F)c(OCCC3(c4ccc(Cl)cc4)CCN(C(=O)OC(C)(C)C)CC3)cc2F)c(C)c1.O=S(=O)(Nc1ncns1)c1cc(F)c(OCCC2(c3ccc(Cl)cc3)CCNCC2)cc1F. The van der Waals surface area contributed by atoms with Gasteiger partial charge in [-0.25, -0.2) is 53.5 Å².